The smallest absolute Gasteiger partial charge is 0.173 e. The van der Waals surface area contributed by atoms with Crippen molar-refractivity contribution >= 4 is 0 Å². The van der Waals surface area contributed by atoms with Crippen molar-refractivity contribution in [1.82, 2.24) is 10.2 Å². The number of phenols is 1. The Balaban J connectivity index is 1.89. The highest BCUT2D eigenvalue weighted by Crippen LogP contribution is 2.40. The number of ether oxygens (including phenoxy) is 2. The maximum absolute atomic E-state index is 10.5. The van der Waals surface area contributed by atoms with E-state index >= 15 is 0 Å². The van der Waals surface area contributed by atoms with Gasteiger partial charge in [0.2, 0.25) is 0 Å². The lowest BCUT2D eigenvalue weighted by molar-refractivity contribution is 0.403. The van der Waals surface area contributed by atoms with Crippen LogP contribution in [0.2, 0.25) is 0 Å². The summed E-state index contributed by atoms with van der Waals surface area (Å²) in [7, 11) is 1.58. The molecule has 1 aromatic heterocycles. The van der Waals surface area contributed by atoms with E-state index in [1.807, 2.05) is 18.2 Å². The van der Waals surface area contributed by atoms with Crippen molar-refractivity contribution in [2.45, 2.75) is 26.7 Å². The minimum absolute atomic E-state index is 0.145. The third kappa shape index (κ3) is 3.45. The van der Waals surface area contributed by atoms with Gasteiger partial charge in [0.25, 0.3) is 0 Å². The highest BCUT2D eigenvalue weighted by molar-refractivity contribution is 5.75. The van der Waals surface area contributed by atoms with Crippen molar-refractivity contribution in [2.75, 3.05) is 7.11 Å². The molecular weight excluding hydrogens is 316 g/mol. The first-order valence-corrected chi connectivity index (χ1v) is 8.31. The van der Waals surface area contributed by atoms with Crippen molar-refractivity contribution in [3.8, 4) is 34.3 Å². The molecule has 0 amide bonds. The molecule has 1 heterocycles. The van der Waals surface area contributed by atoms with Gasteiger partial charge in [0.05, 0.1) is 13.3 Å². The number of aromatic nitrogens is 2. The molecule has 0 aliphatic carbocycles. The van der Waals surface area contributed by atoms with E-state index in [0.717, 1.165) is 18.6 Å². The SMILES string of the molecule is CCCc1ccc(Oc2cn[nH]c2-c2ccc(OC)c(C)c2O)cc1. The van der Waals surface area contributed by atoms with Crippen molar-refractivity contribution in [1.29, 1.82) is 0 Å². The van der Waals surface area contributed by atoms with Crippen molar-refractivity contribution in [3.63, 3.8) is 0 Å². The summed E-state index contributed by atoms with van der Waals surface area (Å²) < 4.78 is 11.2. The molecular formula is C20H22N2O3. The van der Waals surface area contributed by atoms with Gasteiger partial charge in [-0.25, -0.2) is 0 Å². The van der Waals surface area contributed by atoms with Gasteiger partial charge in [0.1, 0.15) is 22.9 Å². The highest BCUT2D eigenvalue weighted by Gasteiger charge is 2.17. The average molecular weight is 338 g/mol. The fraction of sp³-hybridized carbons (Fsp3) is 0.250. The second kappa shape index (κ2) is 7.30. The number of benzene rings is 2. The number of aryl methyl sites for hydroxylation is 1. The zero-order chi connectivity index (χ0) is 17.8. The van der Waals surface area contributed by atoms with E-state index in [1.54, 1.807) is 26.3 Å². The predicted octanol–water partition coefficient (Wildman–Crippen LogP) is 4.84. The van der Waals surface area contributed by atoms with Gasteiger partial charge in [-0.3, -0.25) is 5.10 Å². The molecule has 0 spiro atoms. The quantitative estimate of drug-likeness (QED) is 0.674. The minimum atomic E-state index is 0.145. The van der Waals surface area contributed by atoms with Crippen molar-refractivity contribution in [2.24, 2.45) is 0 Å². The molecule has 0 fully saturated rings. The van der Waals surface area contributed by atoms with Crippen LogP contribution in [0, 0.1) is 6.92 Å². The van der Waals surface area contributed by atoms with Crippen LogP contribution in [0.5, 0.6) is 23.0 Å². The largest absolute Gasteiger partial charge is 0.507 e. The summed E-state index contributed by atoms with van der Waals surface area (Å²) >= 11 is 0. The van der Waals surface area contributed by atoms with Gasteiger partial charge < -0.3 is 14.6 Å². The molecule has 2 aromatic carbocycles. The molecule has 0 saturated heterocycles. The predicted molar refractivity (Wildman–Crippen MR) is 97.5 cm³/mol. The second-order valence-electron chi connectivity index (χ2n) is 5.89. The normalized spacial score (nSPS) is 10.7. The van der Waals surface area contributed by atoms with E-state index in [1.165, 1.54) is 5.56 Å². The maximum Gasteiger partial charge on any atom is 0.173 e. The monoisotopic (exact) mass is 338 g/mol. The van der Waals surface area contributed by atoms with Gasteiger partial charge in [0.15, 0.2) is 5.75 Å². The molecule has 0 atom stereocenters. The van der Waals surface area contributed by atoms with Gasteiger partial charge in [-0.1, -0.05) is 25.5 Å². The summed E-state index contributed by atoms with van der Waals surface area (Å²) in [5, 5.41) is 17.5. The van der Waals surface area contributed by atoms with E-state index in [-0.39, 0.29) is 5.75 Å². The van der Waals surface area contributed by atoms with Crippen LogP contribution in [0.4, 0.5) is 0 Å². The third-order valence-corrected chi connectivity index (χ3v) is 4.16. The van der Waals surface area contributed by atoms with Crippen molar-refractivity contribution in [3.05, 3.63) is 53.7 Å². The van der Waals surface area contributed by atoms with Crippen LogP contribution in [0.15, 0.2) is 42.6 Å². The first-order valence-electron chi connectivity index (χ1n) is 8.31. The van der Waals surface area contributed by atoms with E-state index in [9.17, 15) is 5.11 Å². The lowest BCUT2D eigenvalue weighted by Crippen LogP contribution is -1.92. The molecule has 3 rings (SSSR count). The number of phenolic OH excluding ortho intramolecular Hbond substituents is 1. The molecule has 3 aromatic rings. The number of nitrogens with one attached hydrogen (secondary N) is 1. The average Bonchev–Trinajstić information content (AvgIpc) is 3.07. The summed E-state index contributed by atoms with van der Waals surface area (Å²) in [5.74, 6) is 2.07. The van der Waals surface area contributed by atoms with Crippen LogP contribution in [-0.2, 0) is 6.42 Å². The van der Waals surface area contributed by atoms with Crippen LogP contribution in [0.3, 0.4) is 0 Å². The summed E-state index contributed by atoms with van der Waals surface area (Å²) in [6.07, 6.45) is 3.77. The molecule has 2 N–H and O–H groups in total. The first kappa shape index (κ1) is 16.9. The molecule has 5 nitrogen and oxygen atoms in total. The van der Waals surface area contributed by atoms with Gasteiger partial charge in [-0.15, -0.1) is 0 Å². The van der Waals surface area contributed by atoms with Gasteiger partial charge in [0, 0.05) is 11.1 Å². The molecule has 130 valence electrons. The van der Waals surface area contributed by atoms with Crippen molar-refractivity contribution < 1.29 is 14.6 Å². The van der Waals surface area contributed by atoms with Crippen LogP contribution in [0.1, 0.15) is 24.5 Å². The fourth-order valence-corrected chi connectivity index (χ4v) is 2.79. The summed E-state index contributed by atoms with van der Waals surface area (Å²) in [6.45, 7) is 3.96. The number of rotatable bonds is 6. The number of H-pyrrole nitrogens is 1. The molecule has 0 bridgehead atoms. The van der Waals surface area contributed by atoms with Crippen LogP contribution in [-0.4, -0.2) is 22.4 Å². The number of aromatic amines is 1. The lowest BCUT2D eigenvalue weighted by atomic mass is 10.1. The van der Waals surface area contributed by atoms with Gasteiger partial charge in [-0.05, 0) is 43.2 Å². The Bertz CT molecular complexity index is 854. The van der Waals surface area contributed by atoms with Crippen LogP contribution < -0.4 is 9.47 Å². The third-order valence-electron chi connectivity index (χ3n) is 4.16. The first-order chi connectivity index (χ1) is 12.1. The van der Waals surface area contributed by atoms with E-state index < -0.39 is 0 Å². The van der Waals surface area contributed by atoms with Crippen LogP contribution in [0.25, 0.3) is 11.3 Å². The van der Waals surface area contributed by atoms with Gasteiger partial charge >= 0.3 is 0 Å². The number of hydrogen-bond acceptors (Lipinski definition) is 4. The molecule has 0 radical (unpaired) electrons. The summed E-state index contributed by atoms with van der Waals surface area (Å²) in [4.78, 5) is 0. The Morgan fingerprint density at radius 1 is 1.08 bits per heavy atom. The van der Waals surface area contributed by atoms with E-state index in [0.29, 0.717) is 28.3 Å². The topological polar surface area (TPSA) is 67.4 Å². The lowest BCUT2D eigenvalue weighted by Gasteiger charge is -2.12. The Morgan fingerprint density at radius 3 is 2.52 bits per heavy atom. The Labute approximate surface area is 147 Å². The Kier molecular flexibility index (Phi) is 4.93. The Morgan fingerprint density at radius 2 is 1.84 bits per heavy atom. The second-order valence-corrected chi connectivity index (χ2v) is 5.89. The zero-order valence-electron chi connectivity index (χ0n) is 14.7. The number of nitrogens with zero attached hydrogens (tertiary/aromatic N) is 1. The molecule has 0 aliphatic rings. The van der Waals surface area contributed by atoms with Gasteiger partial charge in [-0.2, -0.15) is 5.10 Å². The molecule has 0 aliphatic heterocycles. The van der Waals surface area contributed by atoms with E-state index in [4.69, 9.17) is 9.47 Å². The fourth-order valence-electron chi connectivity index (χ4n) is 2.79. The molecule has 0 unspecified atom stereocenters. The van der Waals surface area contributed by atoms with Crippen LogP contribution >= 0.6 is 0 Å². The minimum Gasteiger partial charge on any atom is -0.507 e. The zero-order valence-corrected chi connectivity index (χ0v) is 14.7. The molecule has 25 heavy (non-hydrogen) atoms. The molecule has 0 saturated carbocycles. The highest BCUT2D eigenvalue weighted by atomic mass is 16.5. The van der Waals surface area contributed by atoms with E-state index in [2.05, 4.69) is 29.3 Å². The summed E-state index contributed by atoms with van der Waals surface area (Å²) in [6, 6.07) is 11.6. The number of hydrogen-bond donors (Lipinski definition) is 2. The Hall–Kier alpha value is -2.95. The number of aromatic hydroxyl groups is 1. The number of methoxy groups -OCH3 is 1. The maximum atomic E-state index is 10.5. The summed E-state index contributed by atoms with van der Waals surface area (Å²) in [5.41, 5.74) is 3.20. The standard InChI is InChI=1S/C20H22N2O3/c1-4-5-14-6-8-15(9-7-14)25-18-12-21-22-19(18)16-10-11-17(24-3)13(2)20(16)23/h6-12,23H,4-5H2,1-3H3,(H,21,22). The molecule has 5 heteroatoms.